The molecule has 0 aromatic rings. The summed E-state index contributed by atoms with van der Waals surface area (Å²) in [6, 6.07) is 0.300. The Labute approximate surface area is 84.5 Å². The number of carboxylic acids is 1. The van der Waals surface area contributed by atoms with Gasteiger partial charge in [-0.2, -0.15) is 0 Å². The molecule has 80 valence electrons. The second-order valence-electron chi connectivity index (χ2n) is 4.44. The fraction of sp³-hybridized carbons (Fsp3) is 0.900. The molecule has 0 bridgehead atoms. The lowest BCUT2D eigenvalue weighted by molar-refractivity contribution is -0.146. The van der Waals surface area contributed by atoms with Crippen molar-refractivity contribution < 1.29 is 9.90 Å². The van der Waals surface area contributed by atoms with Crippen LogP contribution < -0.4 is 0 Å². The Morgan fingerprint density at radius 1 is 1.36 bits per heavy atom. The Morgan fingerprint density at radius 3 is 2.86 bits per heavy atom. The van der Waals surface area contributed by atoms with E-state index < -0.39 is 5.97 Å². The third-order valence-corrected chi connectivity index (χ3v) is 3.47. The van der Waals surface area contributed by atoms with Gasteiger partial charge in [-0.15, -0.1) is 0 Å². The molecule has 1 N–H and O–H groups in total. The monoisotopic (exact) mass is 198 g/mol. The van der Waals surface area contributed by atoms with Crippen LogP contribution in [0.3, 0.4) is 0 Å². The van der Waals surface area contributed by atoms with Gasteiger partial charge in [0.25, 0.3) is 0 Å². The van der Waals surface area contributed by atoms with E-state index in [1.54, 1.807) is 0 Å². The Kier molecular flexibility index (Phi) is 2.74. The van der Waals surface area contributed by atoms with Gasteiger partial charge >= 0.3 is 5.97 Å². The van der Waals surface area contributed by atoms with Gasteiger partial charge in [0, 0.05) is 19.1 Å². The Balaban J connectivity index is 2.03. The molecule has 0 aromatic heterocycles. The number of piperidine rings is 1. The fourth-order valence-corrected chi connectivity index (χ4v) is 2.59. The number of fused-ring (bicyclic) bond motifs is 1. The van der Waals surface area contributed by atoms with Crippen molar-refractivity contribution in [1.82, 2.24) is 9.80 Å². The number of rotatable bonds is 1. The van der Waals surface area contributed by atoms with Crippen molar-refractivity contribution in [1.29, 1.82) is 0 Å². The maximum atomic E-state index is 11.0. The summed E-state index contributed by atoms with van der Waals surface area (Å²) < 4.78 is 0. The molecule has 2 heterocycles. The van der Waals surface area contributed by atoms with Crippen LogP contribution in [0.1, 0.15) is 19.3 Å². The van der Waals surface area contributed by atoms with Crippen molar-refractivity contribution in [3.8, 4) is 0 Å². The largest absolute Gasteiger partial charge is 0.480 e. The van der Waals surface area contributed by atoms with E-state index in [-0.39, 0.29) is 6.04 Å². The molecule has 14 heavy (non-hydrogen) atoms. The fourth-order valence-electron chi connectivity index (χ4n) is 2.59. The number of nitrogens with zero attached hydrogens (tertiary/aromatic N) is 2. The second-order valence-corrected chi connectivity index (χ2v) is 4.44. The van der Waals surface area contributed by atoms with Crippen molar-refractivity contribution in [2.24, 2.45) is 0 Å². The smallest absolute Gasteiger partial charge is 0.322 e. The number of aliphatic carboxylic acids is 1. The number of piperazine rings is 1. The van der Waals surface area contributed by atoms with Crippen LogP contribution in [0, 0.1) is 0 Å². The molecule has 4 nitrogen and oxygen atoms in total. The average molecular weight is 198 g/mol. The molecule has 0 radical (unpaired) electrons. The van der Waals surface area contributed by atoms with Gasteiger partial charge in [-0.05, 0) is 26.4 Å². The summed E-state index contributed by atoms with van der Waals surface area (Å²) in [7, 11) is 1.92. The van der Waals surface area contributed by atoms with Crippen LogP contribution in [0.5, 0.6) is 0 Å². The lowest BCUT2D eigenvalue weighted by atomic mass is 9.97. The Hall–Kier alpha value is -0.610. The first-order valence-electron chi connectivity index (χ1n) is 5.35. The van der Waals surface area contributed by atoms with Gasteiger partial charge in [0.15, 0.2) is 0 Å². The van der Waals surface area contributed by atoms with Crippen molar-refractivity contribution in [2.75, 3.05) is 26.7 Å². The van der Waals surface area contributed by atoms with E-state index in [0.29, 0.717) is 12.6 Å². The molecule has 2 saturated heterocycles. The molecule has 2 rings (SSSR count). The topological polar surface area (TPSA) is 43.8 Å². The molecule has 2 aliphatic heterocycles. The van der Waals surface area contributed by atoms with Crippen LogP contribution in [0.15, 0.2) is 0 Å². The molecule has 2 fully saturated rings. The van der Waals surface area contributed by atoms with Gasteiger partial charge in [-0.25, -0.2) is 0 Å². The lowest BCUT2D eigenvalue weighted by Crippen LogP contribution is -2.60. The van der Waals surface area contributed by atoms with E-state index in [2.05, 4.69) is 4.90 Å². The van der Waals surface area contributed by atoms with E-state index in [4.69, 9.17) is 5.11 Å². The lowest BCUT2D eigenvalue weighted by Gasteiger charge is -2.45. The number of carbonyl (C=O) groups is 1. The van der Waals surface area contributed by atoms with Crippen LogP contribution in [0.25, 0.3) is 0 Å². The zero-order valence-electron chi connectivity index (χ0n) is 8.65. The summed E-state index contributed by atoms with van der Waals surface area (Å²) in [5, 5.41) is 9.03. The summed E-state index contributed by atoms with van der Waals surface area (Å²) in [4.78, 5) is 15.3. The normalized spacial score (nSPS) is 35.2. The quantitative estimate of drug-likeness (QED) is 0.655. The first-order valence-corrected chi connectivity index (χ1v) is 5.35. The van der Waals surface area contributed by atoms with Crippen LogP contribution in [-0.4, -0.2) is 59.6 Å². The van der Waals surface area contributed by atoms with E-state index in [0.717, 1.165) is 13.1 Å². The van der Waals surface area contributed by atoms with Gasteiger partial charge in [0.05, 0.1) is 0 Å². The number of carboxylic acid groups (broad SMARTS) is 1. The summed E-state index contributed by atoms with van der Waals surface area (Å²) >= 11 is 0. The molecule has 2 aliphatic rings. The van der Waals surface area contributed by atoms with E-state index in [9.17, 15) is 4.79 Å². The van der Waals surface area contributed by atoms with Gasteiger partial charge in [-0.1, -0.05) is 6.42 Å². The zero-order valence-corrected chi connectivity index (χ0v) is 8.65. The third-order valence-electron chi connectivity index (χ3n) is 3.47. The maximum absolute atomic E-state index is 11.0. The number of hydrogen-bond donors (Lipinski definition) is 1. The van der Waals surface area contributed by atoms with Crippen LogP contribution >= 0.6 is 0 Å². The zero-order chi connectivity index (χ0) is 10.1. The highest BCUT2D eigenvalue weighted by Gasteiger charge is 2.36. The van der Waals surface area contributed by atoms with Crippen LogP contribution in [0.4, 0.5) is 0 Å². The van der Waals surface area contributed by atoms with E-state index in [1.807, 2.05) is 11.9 Å². The predicted molar refractivity (Wildman–Crippen MR) is 53.3 cm³/mol. The Morgan fingerprint density at radius 2 is 2.14 bits per heavy atom. The highest BCUT2D eigenvalue weighted by Crippen LogP contribution is 2.23. The average Bonchev–Trinajstić information content (AvgIpc) is 2.16. The molecule has 0 amide bonds. The molecular formula is C10H18N2O2. The second kappa shape index (κ2) is 3.87. The molecule has 0 aliphatic carbocycles. The summed E-state index contributed by atoms with van der Waals surface area (Å²) in [6.07, 6.45) is 3.76. The minimum absolute atomic E-state index is 0.302. The molecule has 2 atom stereocenters. The Bertz CT molecular complexity index is 232. The third kappa shape index (κ3) is 1.77. The van der Waals surface area contributed by atoms with Gasteiger partial charge in [-0.3, -0.25) is 14.6 Å². The van der Waals surface area contributed by atoms with Crippen molar-refractivity contribution >= 4 is 5.97 Å². The van der Waals surface area contributed by atoms with Crippen molar-refractivity contribution in [2.45, 2.75) is 31.3 Å². The number of hydrogen-bond acceptors (Lipinski definition) is 3. The van der Waals surface area contributed by atoms with E-state index >= 15 is 0 Å². The van der Waals surface area contributed by atoms with Crippen molar-refractivity contribution in [3.63, 3.8) is 0 Å². The minimum atomic E-state index is -0.684. The summed E-state index contributed by atoms with van der Waals surface area (Å²) in [5.41, 5.74) is 0. The summed E-state index contributed by atoms with van der Waals surface area (Å²) in [5.74, 6) is -0.684. The minimum Gasteiger partial charge on any atom is -0.480 e. The molecule has 4 heteroatoms. The molecule has 2 unspecified atom stereocenters. The van der Waals surface area contributed by atoms with Gasteiger partial charge in [0.2, 0.25) is 0 Å². The SMILES string of the molecule is CN1CC2CCCCN2CC1C(=O)O. The highest BCUT2D eigenvalue weighted by atomic mass is 16.4. The molecular weight excluding hydrogens is 180 g/mol. The van der Waals surface area contributed by atoms with Gasteiger partial charge in [0.1, 0.15) is 6.04 Å². The molecule has 0 aromatic carbocycles. The highest BCUT2D eigenvalue weighted by molar-refractivity contribution is 5.73. The maximum Gasteiger partial charge on any atom is 0.322 e. The number of likely N-dealkylation sites (N-methyl/N-ethyl adjacent to an activating group) is 1. The van der Waals surface area contributed by atoms with Gasteiger partial charge < -0.3 is 5.11 Å². The predicted octanol–water partition coefficient (Wildman–Crippen LogP) is 0.239. The molecule has 0 spiro atoms. The first-order chi connectivity index (χ1) is 6.68. The van der Waals surface area contributed by atoms with E-state index in [1.165, 1.54) is 19.3 Å². The first kappa shape index (κ1) is 9.93. The standard InChI is InChI=1S/C10H18N2O2/c1-11-6-8-4-2-3-5-12(8)7-9(11)10(13)14/h8-9H,2-7H2,1H3,(H,13,14). The molecule has 0 saturated carbocycles. The van der Waals surface area contributed by atoms with Crippen LogP contribution in [0.2, 0.25) is 0 Å². The van der Waals surface area contributed by atoms with Crippen molar-refractivity contribution in [3.05, 3.63) is 0 Å². The summed E-state index contributed by atoms with van der Waals surface area (Å²) in [6.45, 7) is 2.70. The van der Waals surface area contributed by atoms with Crippen LogP contribution in [-0.2, 0) is 4.79 Å².